The van der Waals surface area contributed by atoms with Gasteiger partial charge in [0.15, 0.2) is 0 Å². The van der Waals surface area contributed by atoms with Crippen LogP contribution in [0, 0.1) is 5.82 Å². The Morgan fingerprint density at radius 3 is 2.81 bits per heavy atom. The molecular weight excluding hydrogens is 231 g/mol. The molecule has 86 valence electrons. The third-order valence-corrected chi connectivity index (χ3v) is 1.99. The standard InChI is InChI=1S/C10H11FN2O2S/c1-15-6-2-3-7(8(11)4-6)10(14)13-5-9(12)16/h2-4H,5H2,1H3,(H2,12,16)(H,13,14). The average Bonchev–Trinajstić information content (AvgIpc) is 2.25. The van der Waals surface area contributed by atoms with E-state index in [1.165, 1.54) is 19.2 Å². The van der Waals surface area contributed by atoms with Crippen LogP contribution < -0.4 is 15.8 Å². The maximum atomic E-state index is 13.4. The monoisotopic (exact) mass is 242 g/mol. The second-order valence-corrected chi connectivity index (χ2v) is 3.52. The number of hydrogen-bond donors (Lipinski definition) is 2. The Balaban J connectivity index is 2.79. The second-order valence-electron chi connectivity index (χ2n) is 2.99. The molecule has 4 nitrogen and oxygen atoms in total. The first-order chi connectivity index (χ1) is 7.54. The zero-order chi connectivity index (χ0) is 12.1. The van der Waals surface area contributed by atoms with Crippen LogP contribution >= 0.6 is 12.2 Å². The SMILES string of the molecule is COc1ccc(C(=O)NCC(N)=S)c(F)c1. The van der Waals surface area contributed by atoms with Crippen molar-refractivity contribution in [3.8, 4) is 5.75 Å². The summed E-state index contributed by atoms with van der Waals surface area (Å²) in [6, 6.07) is 3.97. The fourth-order valence-electron chi connectivity index (χ4n) is 1.07. The Bertz CT molecular complexity index is 423. The van der Waals surface area contributed by atoms with E-state index in [1.54, 1.807) is 0 Å². The highest BCUT2D eigenvalue weighted by molar-refractivity contribution is 7.80. The van der Waals surface area contributed by atoms with Crippen molar-refractivity contribution in [2.75, 3.05) is 13.7 Å². The molecule has 1 rings (SSSR count). The van der Waals surface area contributed by atoms with Gasteiger partial charge >= 0.3 is 0 Å². The molecule has 0 aliphatic rings. The molecule has 3 N–H and O–H groups in total. The molecule has 1 aromatic carbocycles. The lowest BCUT2D eigenvalue weighted by Crippen LogP contribution is -2.32. The minimum Gasteiger partial charge on any atom is -0.497 e. The number of carbonyl (C=O) groups is 1. The average molecular weight is 242 g/mol. The third kappa shape index (κ3) is 3.16. The first-order valence-corrected chi connectivity index (χ1v) is 4.85. The molecule has 1 aromatic rings. The summed E-state index contributed by atoms with van der Waals surface area (Å²) in [4.78, 5) is 11.6. The van der Waals surface area contributed by atoms with Gasteiger partial charge in [0.05, 0.1) is 24.2 Å². The number of carbonyl (C=O) groups excluding carboxylic acids is 1. The molecule has 0 aliphatic carbocycles. The molecule has 0 radical (unpaired) electrons. The molecule has 0 atom stereocenters. The highest BCUT2D eigenvalue weighted by Crippen LogP contribution is 2.15. The number of halogens is 1. The van der Waals surface area contributed by atoms with E-state index in [9.17, 15) is 9.18 Å². The van der Waals surface area contributed by atoms with Crippen LogP contribution in [0.5, 0.6) is 5.75 Å². The van der Waals surface area contributed by atoms with Gasteiger partial charge in [-0.25, -0.2) is 4.39 Å². The first-order valence-electron chi connectivity index (χ1n) is 4.44. The van der Waals surface area contributed by atoms with Gasteiger partial charge in [-0.3, -0.25) is 4.79 Å². The lowest BCUT2D eigenvalue weighted by Gasteiger charge is -2.06. The van der Waals surface area contributed by atoms with Gasteiger partial charge in [0.2, 0.25) is 0 Å². The molecular formula is C10H11FN2O2S. The fraction of sp³-hybridized carbons (Fsp3) is 0.200. The number of nitrogens with one attached hydrogen (secondary N) is 1. The fourth-order valence-corrected chi connectivity index (χ4v) is 1.14. The molecule has 0 aliphatic heterocycles. The number of nitrogens with two attached hydrogens (primary N) is 1. The lowest BCUT2D eigenvalue weighted by molar-refractivity contribution is 0.0955. The van der Waals surface area contributed by atoms with Crippen LogP contribution in [-0.4, -0.2) is 24.6 Å². The van der Waals surface area contributed by atoms with E-state index in [-0.39, 0.29) is 17.1 Å². The molecule has 0 spiro atoms. The van der Waals surface area contributed by atoms with Gasteiger partial charge in [0.1, 0.15) is 11.6 Å². The van der Waals surface area contributed by atoms with Crippen molar-refractivity contribution in [1.82, 2.24) is 5.32 Å². The van der Waals surface area contributed by atoms with Crippen molar-refractivity contribution >= 4 is 23.1 Å². The van der Waals surface area contributed by atoms with E-state index in [0.29, 0.717) is 5.75 Å². The summed E-state index contributed by atoms with van der Waals surface area (Å²) in [7, 11) is 1.42. The van der Waals surface area contributed by atoms with E-state index >= 15 is 0 Å². The zero-order valence-electron chi connectivity index (χ0n) is 8.62. The van der Waals surface area contributed by atoms with Crippen LogP contribution in [0.1, 0.15) is 10.4 Å². The van der Waals surface area contributed by atoms with Crippen LogP contribution in [0.25, 0.3) is 0 Å². The first kappa shape index (κ1) is 12.4. The quantitative estimate of drug-likeness (QED) is 0.768. The van der Waals surface area contributed by atoms with Gasteiger partial charge in [-0.2, -0.15) is 0 Å². The number of benzene rings is 1. The summed E-state index contributed by atoms with van der Waals surface area (Å²) in [5.41, 5.74) is 5.13. The van der Waals surface area contributed by atoms with Crippen LogP contribution in [0.15, 0.2) is 18.2 Å². The zero-order valence-corrected chi connectivity index (χ0v) is 9.44. The van der Waals surface area contributed by atoms with Crippen LogP contribution in [-0.2, 0) is 0 Å². The van der Waals surface area contributed by atoms with Crippen LogP contribution in [0.4, 0.5) is 4.39 Å². The summed E-state index contributed by atoms with van der Waals surface area (Å²) in [5, 5.41) is 2.39. The Hall–Kier alpha value is -1.69. The summed E-state index contributed by atoms with van der Waals surface area (Å²) >= 11 is 4.59. The summed E-state index contributed by atoms with van der Waals surface area (Å²) in [6.07, 6.45) is 0. The molecule has 1 amide bonds. The predicted octanol–water partition coefficient (Wildman–Crippen LogP) is 0.850. The topological polar surface area (TPSA) is 64.3 Å². The van der Waals surface area contributed by atoms with Crippen molar-refractivity contribution in [3.05, 3.63) is 29.6 Å². The van der Waals surface area contributed by atoms with Gasteiger partial charge < -0.3 is 15.8 Å². The molecule has 0 saturated carbocycles. The van der Waals surface area contributed by atoms with E-state index < -0.39 is 11.7 Å². The van der Waals surface area contributed by atoms with Crippen LogP contribution in [0.3, 0.4) is 0 Å². The Morgan fingerprint density at radius 2 is 2.31 bits per heavy atom. The predicted molar refractivity (Wildman–Crippen MR) is 62.1 cm³/mol. The molecule has 6 heteroatoms. The summed E-state index contributed by atoms with van der Waals surface area (Å²) in [5.74, 6) is -0.865. The van der Waals surface area contributed by atoms with Gasteiger partial charge in [-0.15, -0.1) is 0 Å². The molecule has 16 heavy (non-hydrogen) atoms. The number of rotatable bonds is 4. The summed E-state index contributed by atoms with van der Waals surface area (Å²) < 4.78 is 18.2. The van der Waals surface area contributed by atoms with Crippen molar-refractivity contribution < 1.29 is 13.9 Å². The van der Waals surface area contributed by atoms with Gasteiger partial charge in [-0.1, -0.05) is 12.2 Å². The summed E-state index contributed by atoms with van der Waals surface area (Å²) in [6.45, 7) is 0.0413. The minimum absolute atomic E-state index is 0.0413. The van der Waals surface area contributed by atoms with E-state index in [0.717, 1.165) is 6.07 Å². The Morgan fingerprint density at radius 1 is 1.62 bits per heavy atom. The normalized spacial score (nSPS) is 9.62. The number of ether oxygens (including phenoxy) is 1. The highest BCUT2D eigenvalue weighted by Gasteiger charge is 2.12. The van der Waals surface area contributed by atoms with Crippen molar-refractivity contribution in [3.63, 3.8) is 0 Å². The molecule has 0 heterocycles. The van der Waals surface area contributed by atoms with Crippen molar-refractivity contribution in [1.29, 1.82) is 0 Å². The Kier molecular flexibility index (Phi) is 4.19. The molecule has 0 bridgehead atoms. The highest BCUT2D eigenvalue weighted by atomic mass is 32.1. The van der Waals surface area contributed by atoms with E-state index in [1.807, 2.05) is 0 Å². The minimum atomic E-state index is -0.653. The number of thiocarbonyl (C=S) groups is 1. The Labute approximate surface area is 97.6 Å². The molecule has 0 fully saturated rings. The smallest absolute Gasteiger partial charge is 0.254 e. The van der Waals surface area contributed by atoms with Gasteiger partial charge in [0.25, 0.3) is 5.91 Å². The molecule has 0 aromatic heterocycles. The van der Waals surface area contributed by atoms with Gasteiger partial charge in [0, 0.05) is 6.07 Å². The maximum absolute atomic E-state index is 13.4. The van der Waals surface area contributed by atoms with Gasteiger partial charge in [-0.05, 0) is 12.1 Å². The second kappa shape index (κ2) is 5.41. The number of methoxy groups -OCH3 is 1. The van der Waals surface area contributed by atoms with Crippen molar-refractivity contribution in [2.45, 2.75) is 0 Å². The molecule has 0 unspecified atom stereocenters. The van der Waals surface area contributed by atoms with E-state index in [4.69, 9.17) is 10.5 Å². The number of hydrogen-bond acceptors (Lipinski definition) is 3. The lowest BCUT2D eigenvalue weighted by atomic mass is 10.2. The third-order valence-electron chi connectivity index (χ3n) is 1.84. The molecule has 0 saturated heterocycles. The largest absolute Gasteiger partial charge is 0.497 e. The van der Waals surface area contributed by atoms with Crippen LogP contribution in [0.2, 0.25) is 0 Å². The number of amides is 1. The van der Waals surface area contributed by atoms with E-state index in [2.05, 4.69) is 17.5 Å². The maximum Gasteiger partial charge on any atom is 0.254 e. The van der Waals surface area contributed by atoms with Crippen molar-refractivity contribution in [2.24, 2.45) is 5.73 Å².